The Hall–Kier alpha value is -3.14. The number of hydrogen-bond acceptors (Lipinski definition) is 7. The van der Waals surface area contributed by atoms with E-state index in [2.05, 4.69) is 26.1 Å². The van der Waals surface area contributed by atoms with Gasteiger partial charge in [-0.25, -0.2) is 18.1 Å². The van der Waals surface area contributed by atoms with E-state index in [1.807, 2.05) is 19.1 Å². The Labute approximate surface area is 230 Å². The molecule has 210 valence electrons. The van der Waals surface area contributed by atoms with E-state index < -0.39 is 9.84 Å². The highest BCUT2D eigenvalue weighted by molar-refractivity contribution is 7.91. The van der Waals surface area contributed by atoms with E-state index in [1.54, 1.807) is 31.0 Å². The molecule has 1 amide bonds. The van der Waals surface area contributed by atoms with E-state index in [9.17, 15) is 13.2 Å². The van der Waals surface area contributed by atoms with Gasteiger partial charge in [-0.15, -0.1) is 0 Å². The van der Waals surface area contributed by atoms with Crippen LogP contribution in [0.1, 0.15) is 68.5 Å². The first-order valence-electron chi connectivity index (χ1n) is 13.5. The van der Waals surface area contributed by atoms with Crippen LogP contribution in [0.25, 0.3) is 22.3 Å². The Kier molecular flexibility index (Phi) is 7.11. The molecule has 0 bridgehead atoms. The maximum atomic E-state index is 13.9. The second-order valence-electron chi connectivity index (χ2n) is 12.0. The van der Waals surface area contributed by atoms with Gasteiger partial charge in [0.2, 0.25) is 0 Å². The van der Waals surface area contributed by atoms with Crippen LogP contribution in [0.5, 0.6) is 11.5 Å². The number of benzene rings is 1. The minimum Gasteiger partial charge on any atom is -0.493 e. The molecule has 1 aromatic carbocycles. The molecule has 2 aromatic heterocycles. The Morgan fingerprint density at radius 3 is 2.51 bits per heavy atom. The molecule has 10 heteroatoms. The number of hydrogen-bond donors (Lipinski definition) is 1. The quantitative estimate of drug-likeness (QED) is 0.469. The summed E-state index contributed by atoms with van der Waals surface area (Å²) in [6.45, 7) is 8.60. The first-order valence-corrected chi connectivity index (χ1v) is 15.4. The predicted molar refractivity (Wildman–Crippen MR) is 151 cm³/mol. The summed E-state index contributed by atoms with van der Waals surface area (Å²) in [6, 6.07) is 7.05. The zero-order valence-corrected chi connectivity index (χ0v) is 24.4. The molecule has 3 aromatic rings. The van der Waals surface area contributed by atoms with E-state index in [1.165, 1.54) is 0 Å². The molecular weight excluding hydrogens is 516 g/mol. The molecule has 5 rings (SSSR count). The number of aryl methyl sites for hydroxylation is 1. The van der Waals surface area contributed by atoms with Crippen LogP contribution in [0.2, 0.25) is 0 Å². The minimum absolute atomic E-state index is 0.0159. The summed E-state index contributed by atoms with van der Waals surface area (Å²) < 4.78 is 37.2. The molecule has 39 heavy (non-hydrogen) atoms. The van der Waals surface area contributed by atoms with Crippen molar-refractivity contribution in [2.45, 2.75) is 65.5 Å². The number of fused-ring (bicyclic) bond motifs is 1. The lowest BCUT2D eigenvalue weighted by atomic mass is 9.70. The molecule has 1 saturated carbocycles. The van der Waals surface area contributed by atoms with Crippen LogP contribution >= 0.6 is 0 Å². The third-order valence-corrected chi connectivity index (χ3v) is 9.79. The van der Waals surface area contributed by atoms with E-state index in [4.69, 9.17) is 19.6 Å². The van der Waals surface area contributed by atoms with Gasteiger partial charge in [-0.3, -0.25) is 4.79 Å². The number of nitrogens with one attached hydrogen (secondary N) is 1. The van der Waals surface area contributed by atoms with Gasteiger partial charge in [0, 0.05) is 11.6 Å². The number of amides is 1. The van der Waals surface area contributed by atoms with Gasteiger partial charge in [0.05, 0.1) is 54.1 Å². The summed E-state index contributed by atoms with van der Waals surface area (Å²) in [5, 5.41) is 8.69. The van der Waals surface area contributed by atoms with Crippen LogP contribution in [0.15, 0.2) is 24.3 Å². The fourth-order valence-electron chi connectivity index (χ4n) is 6.58. The van der Waals surface area contributed by atoms with Gasteiger partial charge in [-0.2, -0.15) is 5.10 Å². The standard InChI is InChI=1S/C29H38N4O5S/c1-17-11-20(15-29(3,4)14-17)30-28(34)22-13-23(19-7-8-24(37-5)25(12-19)38-6)31-27-26(22)18(2)32-33(27)21-9-10-39(35,36)16-21/h7-8,12-13,17,20-21H,9-11,14-16H2,1-6H3,(H,30,34). The number of carbonyl (C=O) groups excluding carboxylic acids is 1. The molecule has 9 nitrogen and oxygen atoms in total. The second kappa shape index (κ2) is 10.1. The number of pyridine rings is 1. The number of ether oxygens (including phenoxy) is 2. The zero-order valence-electron chi connectivity index (χ0n) is 23.6. The van der Waals surface area contributed by atoms with Gasteiger partial charge in [0.15, 0.2) is 27.0 Å². The predicted octanol–water partition coefficient (Wildman–Crippen LogP) is 4.73. The molecule has 2 aliphatic rings. The highest BCUT2D eigenvalue weighted by Gasteiger charge is 2.35. The van der Waals surface area contributed by atoms with Gasteiger partial charge >= 0.3 is 0 Å². The summed E-state index contributed by atoms with van der Waals surface area (Å²) in [4.78, 5) is 18.9. The number of sulfone groups is 1. The molecule has 3 heterocycles. The van der Waals surface area contributed by atoms with Gasteiger partial charge in [0.1, 0.15) is 0 Å². The van der Waals surface area contributed by atoms with Crippen LogP contribution in [-0.2, 0) is 9.84 Å². The van der Waals surface area contributed by atoms with Crippen molar-refractivity contribution in [2.24, 2.45) is 11.3 Å². The fourth-order valence-corrected chi connectivity index (χ4v) is 8.27. The van der Waals surface area contributed by atoms with Crippen molar-refractivity contribution in [3.8, 4) is 22.8 Å². The normalized spacial score (nSPS) is 24.0. The molecule has 1 saturated heterocycles. The van der Waals surface area contributed by atoms with Crippen molar-refractivity contribution in [3.05, 3.63) is 35.5 Å². The highest BCUT2D eigenvalue weighted by atomic mass is 32.2. The van der Waals surface area contributed by atoms with Crippen molar-refractivity contribution in [2.75, 3.05) is 25.7 Å². The van der Waals surface area contributed by atoms with Gasteiger partial charge in [-0.05, 0) is 68.2 Å². The SMILES string of the molecule is COc1ccc(-c2cc(C(=O)NC3CC(C)CC(C)(C)C3)c3c(C)nn(C4CCS(=O)(=O)C4)c3n2)cc1OC. The summed E-state index contributed by atoms with van der Waals surface area (Å²) in [7, 11) is 0.00792. The lowest BCUT2D eigenvalue weighted by Crippen LogP contribution is -2.43. The third kappa shape index (κ3) is 5.48. The van der Waals surface area contributed by atoms with E-state index in [-0.39, 0.29) is 34.9 Å². The minimum atomic E-state index is -3.14. The highest BCUT2D eigenvalue weighted by Crippen LogP contribution is 2.39. The molecule has 3 atom stereocenters. The summed E-state index contributed by atoms with van der Waals surface area (Å²) in [5.41, 5.74) is 3.15. The van der Waals surface area contributed by atoms with Crippen LogP contribution in [0, 0.1) is 18.3 Å². The van der Waals surface area contributed by atoms with Crippen LogP contribution in [0.4, 0.5) is 0 Å². The summed E-state index contributed by atoms with van der Waals surface area (Å²) in [6.07, 6.45) is 3.46. The first kappa shape index (κ1) is 27.4. The van der Waals surface area contributed by atoms with Gasteiger partial charge in [-0.1, -0.05) is 20.8 Å². The largest absolute Gasteiger partial charge is 0.493 e. The molecule has 3 unspecified atom stereocenters. The van der Waals surface area contributed by atoms with Crippen molar-refractivity contribution in [3.63, 3.8) is 0 Å². The summed E-state index contributed by atoms with van der Waals surface area (Å²) in [5.74, 6) is 1.63. The molecular formula is C29H38N4O5S. The monoisotopic (exact) mass is 554 g/mol. The number of nitrogens with zero attached hydrogens (tertiary/aromatic N) is 3. The maximum absolute atomic E-state index is 13.9. The van der Waals surface area contributed by atoms with Gasteiger partial charge in [0.25, 0.3) is 5.91 Å². The van der Waals surface area contributed by atoms with Crippen molar-refractivity contribution >= 4 is 26.8 Å². The van der Waals surface area contributed by atoms with E-state index in [0.717, 1.165) is 24.8 Å². The molecule has 1 aliphatic heterocycles. The number of methoxy groups -OCH3 is 2. The zero-order chi connectivity index (χ0) is 28.1. The maximum Gasteiger partial charge on any atom is 0.252 e. The molecule has 0 radical (unpaired) electrons. The Morgan fingerprint density at radius 1 is 1.13 bits per heavy atom. The molecule has 0 spiro atoms. The Balaban J connectivity index is 1.63. The fraction of sp³-hybridized carbons (Fsp3) is 0.552. The van der Waals surface area contributed by atoms with Crippen LogP contribution < -0.4 is 14.8 Å². The molecule has 1 N–H and O–H groups in total. The Bertz CT molecular complexity index is 1530. The third-order valence-electron chi connectivity index (χ3n) is 8.04. The van der Waals surface area contributed by atoms with Crippen LogP contribution in [0.3, 0.4) is 0 Å². The number of rotatable bonds is 6. The molecule has 2 fully saturated rings. The Morgan fingerprint density at radius 2 is 1.87 bits per heavy atom. The summed E-state index contributed by atoms with van der Waals surface area (Å²) >= 11 is 0. The van der Waals surface area contributed by atoms with Crippen molar-refractivity contribution in [1.29, 1.82) is 0 Å². The van der Waals surface area contributed by atoms with E-state index in [0.29, 0.717) is 51.8 Å². The average Bonchev–Trinajstić information content (AvgIpc) is 3.40. The van der Waals surface area contributed by atoms with Crippen molar-refractivity contribution in [1.82, 2.24) is 20.1 Å². The first-order chi connectivity index (χ1) is 18.4. The lowest BCUT2D eigenvalue weighted by Gasteiger charge is -2.39. The number of aromatic nitrogens is 3. The lowest BCUT2D eigenvalue weighted by molar-refractivity contribution is 0.0875. The number of carbonyl (C=O) groups is 1. The van der Waals surface area contributed by atoms with Gasteiger partial charge < -0.3 is 14.8 Å². The average molecular weight is 555 g/mol. The van der Waals surface area contributed by atoms with E-state index >= 15 is 0 Å². The van der Waals surface area contributed by atoms with Crippen LogP contribution in [-0.4, -0.2) is 60.9 Å². The molecule has 1 aliphatic carbocycles. The van der Waals surface area contributed by atoms with Crippen molar-refractivity contribution < 1.29 is 22.7 Å². The topological polar surface area (TPSA) is 112 Å². The second-order valence-corrected chi connectivity index (χ2v) is 14.2. The smallest absolute Gasteiger partial charge is 0.252 e.